The van der Waals surface area contributed by atoms with E-state index >= 15 is 0 Å². The zero-order chi connectivity index (χ0) is 24.9. The summed E-state index contributed by atoms with van der Waals surface area (Å²) in [6.07, 6.45) is 11.4. The van der Waals surface area contributed by atoms with E-state index in [1.165, 1.54) is 51.4 Å². The molecule has 0 aromatic heterocycles. The fourth-order valence-electron chi connectivity index (χ4n) is 11.2. The largest absolute Gasteiger partial charge is 0.478 e. The first-order valence-corrected chi connectivity index (χ1v) is 13.9. The van der Waals surface area contributed by atoms with Crippen LogP contribution in [0.25, 0.3) is 0 Å². The van der Waals surface area contributed by atoms with Crippen LogP contribution in [0.4, 0.5) is 0 Å². The minimum atomic E-state index is -1.06. The van der Waals surface area contributed by atoms with Crippen molar-refractivity contribution in [3.63, 3.8) is 0 Å². The molecule has 0 bridgehead atoms. The van der Waals surface area contributed by atoms with Gasteiger partial charge in [-0.2, -0.15) is 0 Å². The Hall–Kier alpha value is -1.16. The SMILES string of the molecule is C=C(CC(=O)CC(C)C1CCC2(C)C3CCC4C(C)(C)C(O)CCC45CC35CCC12C)C(=O)O. The number of carboxylic acid groups (broad SMARTS) is 1. The van der Waals surface area contributed by atoms with Crippen LogP contribution in [0.3, 0.4) is 0 Å². The summed E-state index contributed by atoms with van der Waals surface area (Å²) in [6.45, 7) is 15.6. The number of hydrogen-bond acceptors (Lipinski definition) is 3. The molecule has 9 atom stereocenters. The monoisotopic (exact) mass is 470 g/mol. The smallest absolute Gasteiger partial charge is 0.331 e. The minimum absolute atomic E-state index is 0.00981. The van der Waals surface area contributed by atoms with Gasteiger partial charge in [-0.3, -0.25) is 4.79 Å². The maximum absolute atomic E-state index is 12.7. The zero-order valence-electron chi connectivity index (χ0n) is 22.1. The van der Waals surface area contributed by atoms with Gasteiger partial charge in [0, 0.05) is 18.4 Å². The summed E-state index contributed by atoms with van der Waals surface area (Å²) in [7, 11) is 0. The van der Waals surface area contributed by atoms with E-state index in [1.807, 2.05) is 0 Å². The van der Waals surface area contributed by atoms with Gasteiger partial charge in [0.25, 0.3) is 0 Å². The maximum atomic E-state index is 12.7. The Balaban J connectivity index is 1.36. The fraction of sp³-hybridized carbons (Fsp3) is 0.867. The average Bonchev–Trinajstić information content (AvgIpc) is 3.33. The second kappa shape index (κ2) is 7.43. The van der Waals surface area contributed by atoms with Gasteiger partial charge < -0.3 is 10.2 Å². The van der Waals surface area contributed by atoms with E-state index < -0.39 is 5.97 Å². The Morgan fingerprint density at radius 3 is 2.24 bits per heavy atom. The van der Waals surface area contributed by atoms with Crippen molar-refractivity contribution in [3.8, 4) is 0 Å². The van der Waals surface area contributed by atoms with E-state index in [9.17, 15) is 14.7 Å². The number of ketones is 1. The molecule has 9 unspecified atom stereocenters. The summed E-state index contributed by atoms with van der Waals surface area (Å²) in [6, 6.07) is 0. The molecule has 2 spiro atoms. The van der Waals surface area contributed by atoms with Crippen LogP contribution in [0.15, 0.2) is 12.2 Å². The number of aliphatic carboxylic acids is 1. The summed E-state index contributed by atoms with van der Waals surface area (Å²) in [5, 5.41) is 19.9. The molecule has 0 aliphatic heterocycles. The first-order valence-electron chi connectivity index (χ1n) is 13.9. The molecule has 0 heterocycles. The molecule has 0 amide bonds. The average molecular weight is 471 g/mol. The lowest BCUT2D eigenvalue weighted by Gasteiger charge is -2.63. The number of carbonyl (C=O) groups is 2. The number of carbonyl (C=O) groups excluding carboxylic acids is 1. The van der Waals surface area contributed by atoms with Crippen LogP contribution in [-0.2, 0) is 9.59 Å². The topological polar surface area (TPSA) is 74.6 Å². The van der Waals surface area contributed by atoms with Crippen molar-refractivity contribution in [1.29, 1.82) is 0 Å². The van der Waals surface area contributed by atoms with Gasteiger partial charge >= 0.3 is 5.97 Å². The second-order valence-electron chi connectivity index (χ2n) is 14.3. The van der Waals surface area contributed by atoms with E-state index in [0.717, 1.165) is 12.3 Å². The van der Waals surface area contributed by atoms with Crippen molar-refractivity contribution >= 4 is 11.8 Å². The van der Waals surface area contributed by atoms with Crippen LogP contribution < -0.4 is 0 Å². The molecule has 5 aliphatic carbocycles. The third kappa shape index (κ3) is 2.93. The quantitative estimate of drug-likeness (QED) is 0.440. The predicted octanol–water partition coefficient (Wildman–Crippen LogP) is 6.41. The van der Waals surface area contributed by atoms with Crippen molar-refractivity contribution in [2.24, 2.45) is 50.7 Å². The number of Topliss-reactive ketones (excluding diaryl/α,β-unsaturated/α-hetero) is 1. The summed E-state index contributed by atoms with van der Waals surface area (Å²) in [5.74, 6) is 1.18. The molecule has 5 fully saturated rings. The van der Waals surface area contributed by atoms with E-state index in [2.05, 4.69) is 41.2 Å². The molecular formula is C30H46O4. The molecule has 0 aromatic carbocycles. The van der Waals surface area contributed by atoms with Crippen molar-refractivity contribution in [2.45, 2.75) is 111 Å². The van der Waals surface area contributed by atoms with Gasteiger partial charge in [-0.25, -0.2) is 4.79 Å². The molecular weight excluding hydrogens is 424 g/mol. The summed E-state index contributed by atoms with van der Waals surface area (Å²) in [4.78, 5) is 23.8. The number of rotatable bonds is 6. The lowest BCUT2D eigenvalue weighted by molar-refractivity contribution is -0.161. The molecule has 4 nitrogen and oxygen atoms in total. The normalized spacial score (nSPS) is 49.1. The lowest BCUT2D eigenvalue weighted by Crippen LogP contribution is -2.57. The first-order chi connectivity index (χ1) is 15.8. The number of aliphatic hydroxyl groups excluding tert-OH is 1. The Kier molecular flexibility index (Phi) is 5.36. The molecule has 2 N–H and O–H groups in total. The van der Waals surface area contributed by atoms with E-state index in [-0.39, 0.29) is 40.6 Å². The molecule has 4 heteroatoms. The van der Waals surface area contributed by atoms with Crippen molar-refractivity contribution in [1.82, 2.24) is 0 Å². The van der Waals surface area contributed by atoms with Crippen molar-refractivity contribution < 1.29 is 19.8 Å². The van der Waals surface area contributed by atoms with Crippen LogP contribution in [-0.4, -0.2) is 28.1 Å². The number of carboxylic acids is 1. The van der Waals surface area contributed by atoms with Crippen molar-refractivity contribution in [3.05, 3.63) is 12.2 Å². The Bertz CT molecular complexity index is 921. The predicted molar refractivity (Wildman–Crippen MR) is 133 cm³/mol. The highest BCUT2D eigenvalue weighted by Gasteiger charge is 2.82. The van der Waals surface area contributed by atoms with Gasteiger partial charge in [-0.1, -0.05) is 41.2 Å². The minimum Gasteiger partial charge on any atom is -0.478 e. The standard InChI is InChI=1S/C30H46O4/c1-18(15-20(31)16-19(2)25(33)34)21-9-11-28(6)23-8-7-22-26(3,4)24(32)10-12-29(22)17-30(23,29)14-13-27(21,28)5/h18,21-24,32H,2,7-17H2,1,3-6H3,(H,33,34). The molecule has 0 saturated heterocycles. The third-order valence-electron chi connectivity index (χ3n) is 13.1. The fourth-order valence-corrected chi connectivity index (χ4v) is 11.2. The summed E-state index contributed by atoms with van der Waals surface area (Å²) in [5.41, 5.74) is 1.53. The van der Waals surface area contributed by atoms with E-state index in [1.54, 1.807) is 0 Å². The van der Waals surface area contributed by atoms with Crippen LogP contribution >= 0.6 is 0 Å². The second-order valence-corrected chi connectivity index (χ2v) is 14.3. The molecule has 5 aliphatic rings. The number of aliphatic hydroxyl groups is 1. The van der Waals surface area contributed by atoms with Crippen LogP contribution in [0.1, 0.15) is 105 Å². The number of hydrogen-bond donors (Lipinski definition) is 2. The van der Waals surface area contributed by atoms with Crippen LogP contribution in [0, 0.1) is 50.7 Å². The lowest BCUT2D eigenvalue weighted by atomic mass is 9.41. The molecule has 0 aromatic rings. The summed E-state index contributed by atoms with van der Waals surface area (Å²) < 4.78 is 0. The van der Waals surface area contributed by atoms with Crippen molar-refractivity contribution in [2.75, 3.05) is 0 Å². The van der Waals surface area contributed by atoms with Gasteiger partial charge in [0.15, 0.2) is 0 Å². The van der Waals surface area contributed by atoms with Gasteiger partial charge in [0.05, 0.1) is 6.10 Å². The van der Waals surface area contributed by atoms with Gasteiger partial charge in [-0.05, 0) is 109 Å². The van der Waals surface area contributed by atoms with Gasteiger partial charge in [0.1, 0.15) is 5.78 Å². The number of fused-ring (bicyclic) bond motifs is 2. The van der Waals surface area contributed by atoms with Gasteiger partial charge in [-0.15, -0.1) is 0 Å². The molecule has 34 heavy (non-hydrogen) atoms. The Labute approximate surface area is 206 Å². The highest BCUT2D eigenvalue weighted by atomic mass is 16.4. The van der Waals surface area contributed by atoms with Crippen LogP contribution in [0.2, 0.25) is 0 Å². The molecule has 5 rings (SSSR count). The maximum Gasteiger partial charge on any atom is 0.331 e. The summed E-state index contributed by atoms with van der Waals surface area (Å²) >= 11 is 0. The Morgan fingerprint density at radius 2 is 1.56 bits per heavy atom. The highest BCUT2D eigenvalue weighted by molar-refractivity contribution is 5.94. The van der Waals surface area contributed by atoms with Crippen LogP contribution in [0.5, 0.6) is 0 Å². The van der Waals surface area contributed by atoms with Gasteiger partial charge in [0.2, 0.25) is 0 Å². The first kappa shape index (κ1) is 24.5. The van der Waals surface area contributed by atoms with E-state index in [4.69, 9.17) is 5.11 Å². The molecule has 190 valence electrons. The molecule has 0 radical (unpaired) electrons. The van der Waals surface area contributed by atoms with E-state index in [0.29, 0.717) is 34.5 Å². The Morgan fingerprint density at radius 1 is 0.912 bits per heavy atom. The highest BCUT2D eigenvalue weighted by Crippen LogP contribution is 2.89. The molecule has 5 saturated carbocycles. The third-order valence-corrected chi connectivity index (χ3v) is 13.1. The zero-order valence-corrected chi connectivity index (χ0v) is 22.1.